The fraction of sp³-hybridized carbons (Fsp3) is 0.161. The van der Waals surface area contributed by atoms with Gasteiger partial charge in [-0.2, -0.15) is 0 Å². The first-order valence-electron chi connectivity index (χ1n) is 41.8. The van der Waals surface area contributed by atoms with Gasteiger partial charge in [0.25, 0.3) is 0 Å². The van der Waals surface area contributed by atoms with Crippen LogP contribution in [0.1, 0.15) is 124 Å². The summed E-state index contributed by atoms with van der Waals surface area (Å²) < 4.78 is 10.1. The Morgan fingerprint density at radius 2 is 0.517 bits per heavy atom. The van der Waals surface area contributed by atoms with Gasteiger partial charge in [-0.1, -0.05) is 274 Å². The molecule has 4 aliphatic carbocycles. The van der Waals surface area contributed by atoms with Gasteiger partial charge in [0, 0.05) is 99.3 Å². The molecule has 2 heterocycles. The van der Waals surface area contributed by atoms with Gasteiger partial charge in [-0.15, -0.1) is 22.7 Å². The predicted octanol–water partition coefficient (Wildman–Crippen LogP) is 29.9. The number of fused-ring (bicyclic) bond motifs is 12. The molecular formula is C112H92N2O4S2. The van der Waals surface area contributed by atoms with Gasteiger partial charge in [0.05, 0.1) is 14.2 Å². The van der Waals surface area contributed by atoms with E-state index in [1.54, 1.807) is 0 Å². The summed E-state index contributed by atoms with van der Waals surface area (Å²) in [4.78, 5) is 34.3. The molecule has 6 nitrogen and oxygen atoms in total. The Morgan fingerprint density at radius 1 is 0.250 bits per heavy atom. The number of hydrogen-bond donors (Lipinski definition) is 0. The number of ether oxygens (including phenoxy) is 2. The second kappa shape index (κ2) is 29.5. The van der Waals surface area contributed by atoms with E-state index in [4.69, 9.17) is 9.47 Å². The molecule has 0 saturated carbocycles. The zero-order valence-electron chi connectivity index (χ0n) is 69.3. The third kappa shape index (κ3) is 12.9. The Kier molecular flexibility index (Phi) is 18.6. The molecule has 0 atom stereocenters. The van der Waals surface area contributed by atoms with Gasteiger partial charge in [0.1, 0.15) is 0 Å². The minimum atomic E-state index is -0.355. The highest BCUT2D eigenvalue weighted by Gasteiger charge is 2.41. The number of aryl methyl sites for hydroxylation is 2. The van der Waals surface area contributed by atoms with Crippen LogP contribution in [0.2, 0.25) is 0 Å². The molecule has 0 saturated heterocycles. The van der Waals surface area contributed by atoms with E-state index in [0.29, 0.717) is 25.7 Å². The highest BCUT2D eigenvalue weighted by molar-refractivity contribution is 7.26. The van der Waals surface area contributed by atoms with Gasteiger partial charge in [-0.25, -0.2) is 0 Å². The molecule has 0 aliphatic heterocycles. The SMILES string of the molecule is COC(=O)CCc1ccc(N(c2ccc(-c3ccc4c(c3)C(C)(C)c3ccccc3-4)cc2)c2ccc3c(c2)C(C)(C)c2cc(-c4sc(-c5cc(-c6ccccc6)c(-c6ccc7c(c6)C(C)(C)c6cc(N(c8ccc(CCC(=O)OC)cc8)c8ccc(-c9ccc%10c(c9)C(C)(C)c9ccccc9-%10)cc8)ccc6-7)s5)cc4-c4ccccc4)ccc2-3)cc1. The Hall–Kier alpha value is -13.0. The molecule has 0 radical (unpaired) electrons. The van der Waals surface area contributed by atoms with Gasteiger partial charge >= 0.3 is 11.9 Å². The van der Waals surface area contributed by atoms with Gasteiger partial charge in [0.2, 0.25) is 0 Å². The first-order chi connectivity index (χ1) is 58.2. The Morgan fingerprint density at radius 3 is 0.867 bits per heavy atom. The first-order valence-corrected chi connectivity index (χ1v) is 43.4. The van der Waals surface area contributed by atoms with Gasteiger partial charge in [-0.3, -0.25) is 9.59 Å². The molecule has 4 aliphatic rings. The third-order valence-corrected chi connectivity index (χ3v) is 29.0. The summed E-state index contributed by atoms with van der Waals surface area (Å²) in [6, 6.07) is 122. The van der Waals surface area contributed by atoms with Gasteiger partial charge in [-0.05, 0) is 267 Å². The zero-order valence-corrected chi connectivity index (χ0v) is 71.0. The maximum absolute atomic E-state index is 12.3. The van der Waals surface area contributed by atoms with E-state index in [1.165, 1.54) is 178 Å². The normalized spacial score (nSPS) is 14.1. The number of carbonyl (C=O) groups is 2. The van der Waals surface area contributed by atoms with E-state index in [2.05, 4.69) is 393 Å². The molecule has 0 unspecified atom stereocenters. The Labute approximate surface area is 712 Å². The number of hydrogen-bond acceptors (Lipinski definition) is 8. The van der Waals surface area contributed by atoms with Crippen LogP contribution in [0.3, 0.4) is 0 Å². The van der Waals surface area contributed by atoms with E-state index in [-0.39, 0.29) is 33.6 Å². The molecule has 0 bridgehead atoms. The van der Waals surface area contributed by atoms with E-state index >= 15 is 0 Å². The molecule has 586 valence electrons. The van der Waals surface area contributed by atoms with Crippen LogP contribution in [0.5, 0.6) is 0 Å². The first kappa shape index (κ1) is 75.7. The van der Waals surface area contributed by atoms with Crippen molar-refractivity contribution in [2.45, 2.75) is 103 Å². The third-order valence-electron chi connectivity index (χ3n) is 26.4. The van der Waals surface area contributed by atoms with Crippen molar-refractivity contribution in [3.05, 3.63) is 383 Å². The number of rotatable bonds is 19. The van der Waals surface area contributed by atoms with Crippen LogP contribution in [0, 0.1) is 0 Å². The van der Waals surface area contributed by atoms with Crippen molar-refractivity contribution in [1.29, 1.82) is 0 Å². The number of nitrogens with zero attached hydrogens (tertiary/aromatic N) is 2. The summed E-state index contributed by atoms with van der Waals surface area (Å²) >= 11 is 3.78. The summed E-state index contributed by atoms with van der Waals surface area (Å²) in [6.07, 6.45) is 1.85. The average Bonchev–Trinajstić information content (AvgIpc) is 1.50. The summed E-state index contributed by atoms with van der Waals surface area (Å²) in [5.41, 5.74) is 40.5. The molecule has 0 amide bonds. The summed E-state index contributed by atoms with van der Waals surface area (Å²) in [7, 11) is 2.90. The zero-order chi connectivity index (χ0) is 82.1. The molecule has 0 fully saturated rings. The molecule has 0 N–H and O–H groups in total. The molecule has 120 heavy (non-hydrogen) atoms. The Balaban J connectivity index is 0.622. The molecule has 8 heteroatoms. The lowest BCUT2D eigenvalue weighted by Gasteiger charge is -2.28. The van der Waals surface area contributed by atoms with Crippen molar-refractivity contribution in [3.63, 3.8) is 0 Å². The fourth-order valence-corrected chi connectivity index (χ4v) is 22.1. The second-order valence-corrected chi connectivity index (χ2v) is 36.9. The molecule has 2 aromatic heterocycles. The molecule has 20 rings (SSSR count). The van der Waals surface area contributed by atoms with Crippen molar-refractivity contribution in [3.8, 4) is 120 Å². The van der Waals surface area contributed by atoms with Crippen molar-refractivity contribution in [1.82, 2.24) is 0 Å². The lowest BCUT2D eigenvalue weighted by atomic mass is 9.81. The predicted molar refractivity (Wildman–Crippen MR) is 501 cm³/mol. The second-order valence-electron chi connectivity index (χ2n) is 34.8. The highest BCUT2D eigenvalue weighted by atomic mass is 32.1. The van der Waals surface area contributed by atoms with Crippen LogP contribution in [0.4, 0.5) is 34.1 Å². The Bertz CT molecular complexity index is 6350. The largest absolute Gasteiger partial charge is 0.469 e. The van der Waals surface area contributed by atoms with Crippen LogP contribution in [-0.4, -0.2) is 26.2 Å². The lowest BCUT2D eigenvalue weighted by Crippen LogP contribution is -2.16. The lowest BCUT2D eigenvalue weighted by molar-refractivity contribution is -0.141. The molecule has 0 spiro atoms. The summed E-state index contributed by atoms with van der Waals surface area (Å²) in [5, 5.41) is 0. The number of anilines is 6. The number of benzene rings is 14. The topological polar surface area (TPSA) is 59.1 Å². The fourth-order valence-electron chi connectivity index (χ4n) is 19.7. The van der Waals surface area contributed by atoms with E-state index in [9.17, 15) is 9.59 Å². The quantitative estimate of drug-likeness (QED) is 0.0752. The van der Waals surface area contributed by atoms with Crippen LogP contribution in [0.25, 0.3) is 120 Å². The average molecular weight is 1590 g/mol. The monoisotopic (exact) mass is 1590 g/mol. The van der Waals surface area contributed by atoms with Crippen molar-refractivity contribution in [2.75, 3.05) is 24.0 Å². The number of carbonyl (C=O) groups excluding carboxylic acids is 2. The number of esters is 2. The highest BCUT2D eigenvalue weighted by Crippen LogP contribution is 2.59. The van der Waals surface area contributed by atoms with E-state index in [0.717, 1.165) is 45.3 Å². The molecular weight excluding hydrogens is 1500 g/mol. The number of methoxy groups -OCH3 is 2. The standard InChI is InChI=1S/C112H92N2O4S2/c1-109(2)95-27-19-17-25-85(95)87-53-39-75(61-97(87)109)71-35-47-81(48-36-71)113(79-43-29-69(30-44-79)33-59-105(115)117-9)83-51-57-91-89-55-41-77(63-99(89)111(5,6)101(91)65-83)107-93(73-21-13-11-14-22-73)67-103(119-107)104-68-94(74-23-15-12-16-24-74)108(120-104)78-42-56-90-92-58-52-84(66-102(92)112(7,8)100(90)64-78)114(80-45-31-70(32-46-80)34-60-106(116)118-10)82-49-37-72(38-50-82)76-40-54-88-86-26-18-20-28-96(86)110(3,4)98(88)62-76/h11-32,35-58,61-68H,33-34,59-60H2,1-10H3. The van der Waals surface area contributed by atoms with Crippen molar-refractivity contribution >= 4 is 68.7 Å². The van der Waals surface area contributed by atoms with Crippen molar-refractivity contribution < 1.29 is 19.1 Å². The van der Waals surface area contributed by atoms with E-state index < -0.39 is 0 Å². The van der Waals surface area contributed by atoms with Gasteiger partial charge in [0.15, 0.2) is 0 Å². The molecule has 14 aromatic carbocycles. The minimum absolute atomic E-state index is 0.101. The van der Waals surface area contributed by atoms with Crippen molar-refractivity contribution in [2.24, 2.45) is 0 Å². The maximum Gasteiger partial charge on any atom is 0.305 e. The van der Waals surface area contributed by atoms with Crippen LogP contribution >= 0.6 is 22.7 Å². The summed E-state index contributed by atoms with van der Waals surface area (Å²) in [5.74, 6) is -0.426. The summed E-state index contributed by atoms with van der Waals surface area (Å²) in [6.45, 7) is 19.0. The minimum Gasteiger partial charge on any atom is -0.469 e. The van der Waals surface area contributed by atoms with Crippen LogP contribution in [-0.2, 0) is 53.6 Å². The number of thiophene rings is 2. The van der Waals surface area contributed by atoms with Crippen LogP contribution < -0.4 is 9.80 Å². The van der Waals surface area contributed by atoms with Crippen LogP contribution in [0.15, 0.2) is 328 Å². The van der Waals surface area contributed by atoms with E-state index in [1.807, 2.05) is 22.7 Å². The van der Waals surface area contributed by atoms with Gasteiger partial charge < -0.3 is 19.3 Å². The molecule has 16 aromatic rings. The smallest absolute Gasteiger partial charge is 0.305 e. The maximum atomic E-state index is 12.3.